The molecule has 4 heteroatoms. The summed E-state index contributed by atoms with van der Waals surface area (Å²) in [5, 5.41) is 4.98. The lowest BCUT2D eigenvalue weighted by atomic mass is 9.98. The minimum Gasteiger partial charge on any atom is -0.278 e. The average Bonchev–Trinajstić information content (AvgIpc) is 3.74. The predicted molar refractivity (Wildman–Crippen MR) is 211 cm³/mol. The summed E-state index contributed by atoms with van der Waals surface area (Å²) in [5.74, 6) is 0.658. The molecule has 0 N–H and O–H groups in total. The Morgan fingerprint density at radius 2 is 1.06 bits per heavy atom. The van der Waals surface area contributed by atoms with Crippen LogP contribution in [-0.2, 0) is 0 Å². The van der Waals surface area contributed by atoms with E-state index in [-0.39, 0.29) is 0 Å². The SMILES string of the molecule is c1ccc(-c2cccc(-c3ccc(-c4ccnc(-n5c6ccccc6c6ccc(-c7cccc8c7sc7ccccc78)cc65)n4)cc3)c2)cc1. The van der Waals surface area contributed by atoms with E-state index >= 15 is 0 Å². The molecule has 3 heterocycles. The van der Waals surface area contributed by atoms with Crippen molar-refractivity contribution in [1.29, 1.82) is 0 Å². The Morgan fingerprint density at radius 3 is 1.92 bits per heavy atom. The summed E-state index contributed by atoms with van der Waals surface area (Å²) >= 11 is 1.86. The van der Waals surface area contributed by atoms with Crippen LogP contribution in [0.15, 0.2) is 176 Å². The highest BCUT2D eigenvalue weighted by Gasteiger charge is 2.17. The van der Waals surface area contributed by atoms with E-state index in [2.05, 4.69) is 168 Å². The van der Waals surface area contributed by atoms with E-state index < -0.39 is 0 Å². The van der Waals surface area contributed by atoms with Crippen molar-refractivity contribution in [3.05, 3.63) is 176 Å². The van der Waals surface area contributed by atoms with Gasteiger partial charge in [-0.2, -0.15) is 0 Å². The highest BCUT2D eigenvalue weighted by Crippen LogP contribution is 2.41. The normalized spacial score (nSPS) is 11.6. The Balaban J connectivity index is 1.07. The van der Waals surface area contributed by atoms with Crippen molar-refractivity contribution in [1.82, 2.24) is 14.5 Å². The second kappa shape index (κ2) is 11.7. The van der Waals surface area contributed by atoms with Crippen LogP contribution in [0.3, 0.4) is 0 Å². The third-order valence-electron chi connectivity index (χ3n) is 9.72. The van der Waals surface area contributed by atoms with Crippen LogP contribution in [0.1, 0.15) is 0 Å². The first kappa shape index (κ1) is 28.6. The number of thiophene rings is 1. The molecule has 3 nitrogen and oxygen atoms in total. The lowest BCUT2D eigenvalue weighted by Gasteiger charge is -2.10. The number of para-hydroxylation sites is 1. The van der Waals surface area contributed by atoms with Crippen molar-refractivity contribution in [3.63, 3.8) is 0 Å². The molecule has 0 radical (unpaired) electrons. The lowest BCUT2D eigenvalue weighted by Crippen LogP contribution is -2.01. The quantitative estimate of drug-likeness (QED) is 0.185. The van der Waals surface area contributed by atoms with Gasteiger partial charge in [-0.25, -0.2) is 9.97 Å². The topological polar surface area (TPSA) is 30.7 Å². The summed E-state index contributed by atoms with van der Waals surface area (Å²) in [5.41, 5.74) is 11.3. The van der Waals surface area contributed by atoms with Crippen LogP contribution in [0.25, 0.3) is 92.6 Å². The molecule has 0 aliphatic carbocycles. The summed E-state index contributed by atoms with van der Waals surface area (Å²) in [6, 6.07) is 60.6. The number of benzene rings is 7. The number of fused-ring (bicyclic) bond motifs is 6. The van der Waals surface area contributed by atoms with Gasteiger partial charge in [0.2, 0.25) is 5.95 Å². The zero-order valence-corrected chi connectivity index (χ0v) is 27.8. The fraction of sp³-hybridized carbons (Fsp3) is 0. The third-order valence-corrected chi connectivity index (χ3v) is 10.9. The van der Waals surface area contributed by atoms with E-state index in [0.29, 0.717) is 5.95 Å². The largest absolute Gasteiger partial charge is 0.278 e. The van der Waals surface area contributed by atoms with Crippen molar-refractivity contribution >= 4 is 53.3 Å². The monoisotopic (exact) mass is 655 g/mol. The number of aromatic nitrogens is 3. The maximum atomic E-state index is 5.18. The summed E-state index contributed by atoms with van der Waals surface area (Å²) in [6.45, 7) is 0. The van der Waals surface area contributed by atoms with E-state index in [1.807, 2.05) is 23.6 Å². The molecule has 0 amide bonds. The van der Waals surface area contributed by atoms with Crippen LogP contribution in [0.4, 0.5) is 0 Å². The maximum Gasteiger partial charge on any atom is 0.235 e. The van der Waals surface area contributed by atoms with Crippen molar-refractivity contribution in [2.75, 3.05) is 0 Å². The highest BCUT2D eigenvalue weighted by molar-refractivity contribution is 7.26. The molecule has 234 valence electrons. The predicted octanol–water partition coefficient (Wildman–Crippen LogP) is 12.6. The Kier molecular flexibility index (Phi) is 6.68. The molecule has 0 aliphatic rings. The molecular weight excluding hydrogens is 627 g/mol. The number of hydrogen-bond acceptors (Lipinski definition) is 3. The number of rotatable bonds is 5. The molecule has 0 spiro atoms. The minimum absolute atomic E-state index is 0.658. The van der Waals surface area contributed by atoms with Crippen LogP contribution in [0.2, 0.25) is 0 Å². The van der Waals surface area contributed by atoms with Crippen molar-refractivity contribution < 1.29 is 0 Å². The summed E-state index contributed by atoms with van der Waals surface area (Å²) in [6.07, 6.45) is 1.87. The van der Waals surface area contributed by atoms with E-state index in [9.17, 15) is 0 Å². The van der Waals surface area contributed by atoms with Crippen LogP contribution < -0.4 is 0 Å². The molecule has 10 rings (SSSR count). The first-order valence-corrected chi connectivity index (χ1v) is 17.6. The first-order chi connectivity index (χ1) is 24.8. The zero-order valence-electron chi connectivity index (χ0n) is 27.0. The van der Waals surface area contributed by atoms with Crippen LogP contribution in [-0.4, -0.2) is 14.5 Å². The Bertz CT molecular complexity index is 2860. The van der Waals surface area contributed by atoms with Gasteiger partial charge in [-0.05, 0) is 63.7 Å². The fourth-order valence-electron chi connectivity index (χ4n) is 7.29. The molecular formula is C46H29N3S. The molecule has 0 bridgehead atoms. The smallest absolute Gasteiger partial charge is 0.235 e. The van der Waals surface area contributed by atoms with E-state index in [1.165, 1.54) is 64.3 Å². The standard InChI is InChI=1S/C46H29N3S/c1-2-10-30(11-3-1)33-12-8-13-34(28-33)31-20-22-32(23-21-31)41-26-27-47-46(48-41)49-42-18-6-4-14-37(42)38-25-24-35(29-43(38)49)36-16-9-17-40-39-15-5-7-19-44(39)50-45(36)40/h1-29H. The second-order valence-electron chi connectivity index (χ2n) is 12.6. The Hall–Kier alpha value is -6.36. The van der Waals surface area contributed by atoms with Crippen molar-refractivity contribution in [2.24, 2.45) is 0 Å². The van der Waals surface area contributed by atoms with Gasteiger partial charge in [0, 0.05) is 42.7 Å². The molecule has 0 aliphatic heterocycles. The van der Waals surface area contributed by atoms with Gasteiger partial charge in [0.05, 0.1) is 16.7 Å². The highest BCUT2D eigenvalue weighted by atomic mass is 32.1. The summed E-state index contributed by atoms with van der Waals surface area (Å²) < 4.78 is 4.83. The van der Waals surface area contributed by atoms with Gasteiger partial charge in [-0.1, -0.05) is 140 Å². The molecule has 0 fully saturated rings. The molecule has 0 saturated carbocycles. The van der Waals surface area contributed by atoms with Crippen LogP contribution in [0, 0.1) is 0 Å². The molecule has 10 aromatic rings. The molecule has 3 aromatic heterocycles. The number of nitrogens with zero attached hydrogens (tertiary/aromatic N) is 3. The Morgan fingerprint density at radius 1 is 0.420 bits per heavy atom. The average molecular weight is 656 g/mol. The molecule has 7 aromatic carbocycles. The third kappa shape index (κ3) is 4.73. The first-order valence-electron chi connectivity index (χ1n) is 16.8. The molecule has 50 heavy (non-hydrogen) atoms. The van der Waals surface area contributed by atoms with Gasteiger partial charge < -0.3 is 0 Å². The van der Waals surface area contributed by atoms with Gasteiger partial charge in [0.15, 0.2) is 0 Å². The van der Waals surface area contributed by atoms with Gasteiger partial charge in [-0.3, -0.25) is 4.57 Å². The lowest BCUT2D eigenvalue weighted by molar-refractivity contribution is 0.992. The van der Waals surface area contributed by atoms with Gasteiger partial charge in [-0.15, -0.1) is 11.3 Å². The van der Waals surface area contributed by atoms with Gasteiger partial charge in [0.25, 0.3) is 0 Å². The van der Waals surface area contributed by atoms with Gasteiger partial charge >= 0.3 is 0 Å². The molecule has 0 saturated heterocycles. The Labute approximate surface area is 293 Å². The van der Waals surface area contributed by atoms with E-state index in [4.69, 9.17) is 9.97 Å². The van der Waals surface area contributed by atoms with Crippen LogP contribution in [0.5, 0.6) is 0 Å². The van der Waals surface area contributed by atoms with E-state index in [0.717, 1.165) is 22.3 Å². The molecule has 0 unspecified atom stereocenters. The molecule has 0 atom stereocenters. The van der Waals surface area contributed by atoms with E-state index in [1.54, 1.807) is 0 Å². The minimum atomic E-state index is 0.658. The second-order valence-corrected chi connectivity index (χ2v) is 13.7. The van der Waals surface area contributed by atoms with Crippen molar-refractivity contribution in [2.45, 2.75) is 0 Å². The maximum absolute atomic E-state index is 5.18. The fourth-order valence-corrected chi connectivity index (χ4v) is 8.53. The zero-order chi connectivity index (χ0) is 33.0. The number of hydrogen-bond donors (Lipinski definition) is 0. The van der Waals surface area contributed by atoms with Crippen molar-refractivity contribution in [3.8, 4) is 50.6 Å². The van der Waals surface area contributed by atoms with Gasteiger partial charge in [0.1, 0.15) is 0 Å². The summed E-state index contributed by atoms with van der Waals surface area (Å²) in [7, 11) is 0. The van der Waals surface area contributed by atoms with Crippen LogP contribution >= 0.6 is 11.3 Å². The summed E-state index contributed by atoms with van der Waals surface area (Å²) in [4.78, 5) is 10.0.